The van der Waals surface area contributed by atoms with Gasteiger partial charge in [-0.2, -0.15) is 5.10 Å². The third kappa shape index (κ3) is 5.14. The summed E-state index contributed by atoms with van der Waals surface area (Å²) in [6.07, 6.45) is 1.83. The van der Waals surface area contributed by atoms with Gasteiger partial charge >= 0.3 is 6.09 Å². The first-order valence-electron chi connectivity index (χ1n) is 9.60. The van der Waals surface area contributed by atoms with Crippen molar-refractivity contribution in [3.05, 3.63) is 35.7 Å². The van der Waals surface area contributed by atoms with Gasteiger partial charge in [-0.15, -0.1) is 0 Å². The molecule has 0 atom stereocenters. The lowest BCUT2D eigenvalue weighted by atomic mass is 10.0. The summed E-state index contributed by atoms with van der Waals surface area (Å²) >= 11 is 0. The predicted octanol–water partition coefficient (Wildman–Crippen LogP) is 2.97. The molecule has 1 aliphatic heterocycles. The van der Waals surface area contributed by atoms with Crippen molar-refractivity contribution >= 4 is 17.7 Å². The minimum atomic E-state index is -0.522. The van der Waals surface area contributed by atoms with Crippen molar-refractivity contribution < 1.29 is 19.1 Å². The number of hydrogen-bond donors (Lipinski definition) is 1. The largest absolute Gasteiger partial charge is 0.444 e. The van der Waals surface area contributed by atoms with E-state index in [1.165, 1.54) is 4.90 Å². The summed E-state index contributed by atoms with van der Waals surface area (Å²) in [5.41, 5.74) is 4.23. The van der Waals surface area contributed by atoms with Gasteiger partial charge in [0.25, 0.3) is 0 Å². The highest BCUT2D eigenvalue weighted by Gasteiger charge is 2.21. The first kappa shape index (κ1) is 20.9. The lowest BCUT2D eigenvalue weighted by molar-refractivity contribution is -0.115. The molecule has 0 bridgehead atoms. The van der Waals surface area contributed by atoms with E-state index in [9.17, 15) is 9.59 Å². The zero-order chi connectivity index (χ0) is 21.2. The second kappa shape index (κ2) is 8.24. The van der Waals surface area contributed by atoms with Crippen molar-refractivity contribution in [3.8, 4) is 11.1 Å². The predicted molar refractivity (Wildman–Crippen MR) is 109 cm³/mol. The number of benzene rings is 1. The minimum absolute atomic E-state index is 0.0148. The van der Waals surface area contributed by atoms with Crippen molar-refractivity contribution in [1.29, 1.82) is 0 Å². The second-order valence-electron chi connectivity index (χ2n) is 8.18. The van der Waals surface area contributed by atoms with E-state index in [0.29, 0.717) is 26.2 Å². The van der Waals surface area contributed by atoms with Crippen molar-refractivity contribution in [2.75, 3.05) is 25.5 Å². The number of aromatic nitrogens is 2. The molecule has 0 saturated carbocycles. The van der Waals surface area contributed by atoms with E-state index >= 15 is 0 Å². The Kier molecular flexibility index (Phi) is 5.93. The highest BCUT2D eigenvalue weighted by atomic mass is 16.6. The number of likely N-dealkylation sites (N-methyl/N-ethyl adjacent to an activating group) is 1. The van der Waals surface area contributed by atoms with Gasteiger partial charge in [0.15, 0.2) is 0 Å². The molecule has 156 valence electrons. The third-order valence-electron chi connectivity index (χ3n) is 4.62. The highest BCUT2D eigenvalue weighted by Crippen LogP contribution is 2.30. The average molecular weight is 400 g/mol. The van der Waals surface area contributed by atoms with Crippen LogP contribution < -0.4 is 5.32 Å². The van der Waals surface area contributed by atoms with Gasteiger partial charge in [0, 0.05) is 31.9 Å². The number of nitrogens with zero attached hydrogens (tertiary/aromatic N) is 3. The number of anilines is 1. The lowest BCUT2D eigenvalue weighted by Crippen LogP contribution is -2.36. The molecule has 0 radical (unpaired) electrons. The van der Waals surface area contributed by atoms with Crippen LogP contribution in [0.2, 0.25) is 0 Å². The fourth-order valence-corrected chi connectivity index (χ4v) is 3.07. The fraction of sp³-hybridized carbons (Fsp3) is 0.476. The Bertz CT molecular complexity index is 914. The Labute approximate surface area is 170 Å². The molecule has 2 aromatic rings. The van der Waals surface area contributed by atoms with Crippen LogP contribution in [-0.4, -0.2) is 52.5 Å². The molecule has 1 aliphatic rings. The molecule has 8 heteroatoms. The normalized spacial score (nSPS) is 13.2. The first-order valence-corrected chi connectivity index (χ1v) is 9.60. The fourth-order valence-electron chi connectivity index (χ4n) is 3.07. The summed E-state index contributed by atoms with van der Waals surface area (Å²) in [5.74, 6) is 0.0148. The van der Waals surface area contributed by atoms with Gasteiger partial charge in [-0.1, -0.05) is 6.07 Å². The number of amides is 2. The molecule has 0 spiro atoms. The summed E-state index contributed by atoms with van der Waals surface area (Å²) in [7, 11) is 3.56. The van der Waals surface area contributed by atoms with Crippen LogP contribution in [0.4, 0.5) is 10.5 Å². The minimum Gasteiger partial charge on any atom is -0.444 e. The Morgan fingerprint density at radius 3 is 2.83 bits per heavy atom. The van der Waals surface area contributed by atoms with Crippen LogP contribution >= 0.6 is 0 Å². The zero-order valence-corrected chi connectivity index (χ0v) is 17.6. The van der Waals surface area contributed by atoms with E-state index in [4.69, 9.17) is 9.47 Å². The van der Waals surface area contributed by atoms with Crippen molar-refractivity contribution in [3.63, 3.8) is 0 Å². The summed E-state index contributed by atoms with van der Waals surface area (Å²) < 4.78 is 12.9. The van der Waals surface area contributed by atoms with E-state index in [-0.39, 0.29) is 12.0 Å². The molecule has 2 heterocycles. The molecule has 1 aromatic heterocycles. The van der Waals surface area contributed by atoms with E-state index in [1.54, 1.807) is 17.9 Å². The molecule has 29 heavy (non-hydrogen) atoms. The van der Waals surface area contributed by atoms with Gasteiger partial charge in [0.2, 0.25) is 5.91 Å². The zero-order valence-electron chi connectivity index (χ0n) is 17.6. The van der Waals surface area contributed by atoms with E-state index in [2.05, 4.69) is 10.4 Å². The molecule has 1 aromatic carbocycles. The van der Waals surface area contributed by atoms with E-state index in [0.717, 1.165) is 28.1 Å². The maximum absolute atomic E-state index is 12.0. The van der Waals surface area contributed by atoms with Crippen molar-refractivity contribution in [2.45, 2.75) is 39.4 Å². The molecule has 8 nitrogen and oxygen atoms in total. The molecule has 0 saturated heterocycles. The molecule has 0 aliphatic carbocycles. The van der Waals surface area contributed by atoms with Crippen molar-refractivity contribution in [2.24, 2.45) is 7.05 Å². The number of rotatable bonds is 6. The molecule has 2 amide bonds. The Hall–Kier alpha value is -2.87. The van der Waals surface area contributed by atoms with Crippen LogP contribution in [0.1, 0.15) is 32.0 Å². The topological polar surface area (TPSA) is 85.7 Å². The smallest absolute Gasteiger partial charge is 0.410 e. The monoisotopic (exact) mass is 400 g/mol. The first-order chi connectivity index (χ1) is 13.6. The van der Waals surface area contributed by atoms with Gasteiger partial charge in [-0.05, 0) is 44.0 Å². The van der Waals surface area contributed by atoms with E-state index in [1.807, 2.05) is 46.0 Å². The standard InChI is InChI=1S/C21H28N4O4/c1-21(2,3)29-20(27)24(4)8-9-28-13-18-16(12-22-25(18)5)14-6-7-17-15(10-14)11-19(26)23-17/h6-7,10,12H,8-9,11,13H2,1-5H3,(H,23,26). The number of aryl methyl sites for hydroxylation is 1. The third-order valence-corrected chi connectivity index (χ3v) is 4.62. The van der Waals surface area contributed by atoms with Crippen LogP contribution in [-0.2, 0) is 34.3 Å². The number of ether oxygens (including phenoxy) is 2. The summed E-state index contributed by atoms with van der Waals surface area (Å²) in [4.78, 5) is 25.1. The Morgan fingerprint density at radius 1 is 1.34 bits per heavy atom. The maximum atomic E-state index is 12.0. The summed E-state index contributed by atoms with van der Waals surface area (Å²) in [5, 5.41) is 7.20. The molecule has 3 rings (SSSR count). The van der Waals surface area contributed by atoms with Crippen LogP contribution in [0.3, 0.4) is 0 Å². The van der Waals surface area contributed by atoms with Gasteiger partial charge in [0.1, 0.15) is 5.60 Å². The van der Waals surface area contributed by atoms with Crippen molar-refractivity contribution in [1.82, 2.24) is 14.7 Å². The number of fused-ring (bicyclic) bond motifs is 1. The molecule has 0 unspecified atom stereocenters. The van der Waals surface area contributed by atoms with Gasteiger partial charge < -0.3 is 19.7 Å². The quantitative estimate of drug-likeness (QED) is 0.754. The van der Waals surface area contributed by atoms with Crippen LogP contribution in [0.5, 0.6) is 0 Å². The SMILES string of the molecule is CN(CCOCc1c(-c2ccc3c(c2)CC(=O)N3)cnn1C)C(=O)OC(C)(C)C. The van der Waals surface area contributed by atoms with Gasteiger partial charge in [-0.3, -0.25) is 9.48 Å². The van der Waals surface area contributed by atoms with Crippen LogP contribution in [0.15, 0.2) is 24.4 Å². The van der Waals surface area contributed by atoms with Crippen LogP contribution in [0.25, 0.3) is 11.1 Å². The maximum Gasteiger partial charge on any atom is 0.410 e. The average Bonchev–Trinajstić information content (AvgIpc) is 3.18. The molecule has 1 N–H and O–H groups in total. The molecular formula is C21H28N4O4. The number of carbonyl (C=O) groups is 2. The summed E-state index contributed by atoms with van der Waals surface area (Å²) in [6.45, 7) is 6.68. The van der Waals surface area contributed by atoms with Gasteiger partial charge in [0.05, 0.1) is 31.5 Å². The van der Waals surface area contributed by atoms with Crippen LogP contribution in [0, 0.1) is 0 Å². The second-order valence-corrected chi connectivity index (χ2v) is 8.18. The molecule has 0 fully saturated rings. The Morgan fingerprint density at radius 2 is 2.10 bits per heavy atom. The summed E-state index contributed by atoms with van der Waals surface area (Å²) in [6, 6.07) is 5.91. The number of nitrogens with one attached hydrogen (secondary N) is 1. The Balaban J connectivity index is 1.59. The molecular weight excluding hydrogens is 372 g/mol. The highest BCUT2D eigenvalue weighted by molar-refractivity contribution is 5.99. The number of carbonyl (C=O) groups excluding carboxylic acids is 2. The lowest BCUT2D eigenvalue weighted by Gasteiger charge is -2.24. The van der Waals surface area contributed by atoms with Gasteiger partial charge in [-0.25, -0.2) is 4.79 Å². The number of hydrogen-bond acceptors (Lipinski definition) is 5. The van der Waals surface area contributed by atoms with E-state index < -0.39 is 5.60 Å².